The normalized spacial score (nSPS) is 10.7. The third kappa shape index (κ3) is 1.88. The number of hydrogen-bond acceptors (Lipinski definition) is 4. The molecule has 0 aliphatic rings. The molecule has 0 spiro atoms. The summed E-state index contributed by atoms with van der Waals surface area (Å²) in [5.74, 6) is 0.408. The molecule has 1 N–H and O–H groups in total. The standard InChI is InChI=1S/C11H7BrN4O2/c12-8-2-1-7(18-8)11(17)15-10-3-5-13-9-4-6-14-16(9)10/h1-6H,(H,15,17). The number of aromatic nitrogens is 3. The average molecular weight is 307 g/mol. The first kappa shape index (κ1) is 11.0. The Bertz CT molecular complexity index is 718. The van der Waals surface area contributed by atoms with Crippen molar-refractivity contribution >= 4 is 33.3 Å². The van der Waals surface area contributed by atoms with E-state index in [9.17, 15) is 4.79 Å². The zero-order valence-corrected chi connectivity index (χ0v) is 10.6. The van der Waals surface area contributed by atoms with Crippen LogP contribution >= 0.6 is 15.9 Å². The average Bonchev–Trinajstić information content (AvgIpc) is 2.97. The highest BCUT2D eigenvalue weighted by molar-refractivity contribution is 9.10. The molecule has 0 aromatic carbocycles. The van der Waals surface area contributed by atoms with Crippen LogP contribution in [0.4, 0.5) is 5.82 Å². The van der Waals surface area contributed by atoms with Gasteiger partial charge in [0, 0.05) is 12.3 Å². The lowest BCUT2D eigenvalue weighted by Gasteiger charge is -2.04. The van der Waals surface area contributed by atoms with Crippen LogP contribution in [0.25, 0.3) is 5.65 Å². The first-order valence-corrected chi connectivity index (χ1v) is 5.89. The van der Waals surface area contributed by atoms with Crippen LogP contribution in [0.2, 0.25) is 0 Å². The van der Waals surface area contributed by atoms with Gasteiger partial charge in [-0.1, -0.05) is 0 Å². The molecule has 1 amide bonds. The number of carbonyl (C=O) groups is 1. The molecule has 0 bridgehead atoms. The minimum atomic E-state index is -0.344. The molecule has 18 heavy (non-hydrogen) atoms. The van der Waals surface area contributed by atoms with Crippen LogP contribution < -0.4 is 5.32 Å². The summed E-state index contributed by atoms with van der Waals surface area (Å²) in [4.78, 5) is 16.0. The van der Waals surface area contributed by atoms with Gasteiger partial charge in [0.2, 0.25) is 0 Å². The van der Waals surface area contributed by atoms with Crippen LogP contribution in [0.1, 0.15) is 10.6 Å². The molecule has 6 nitrogen and oxygen atoms in total. The lowest BCUT2D eigenvalue weighted by atomic mass is 10.4. The smallest absolute Gasteiger partial charge is 0.292 e. The molecule has 3 aromatic rings. The molecular weight excluding hydrogens is 300 g/mol. The number of hydrogen-bond donors (Lipinski definition) is 1. The van der Waals surface area contributed by atoms with Crippen molar-refractivity contribution in [2.75, 3.05) is 5.32 Å². The number of anilines is 1. The van der Waals surface area contributed by atoms with Gasteiger partial charge in [-0.15, -0.1) is 0 Å². The van der Waals surface area contributed by atoms with Gasteiger partial charge in [-0.2, -0.15) is 9.61 Å². The van der Waals surface area contributed by atoms with E-state index in [0.717, 1.165) is 0 Å². The minimum absolute atomic E-state index is 0.221. The number of halogens is 1. The maximum atomic E-state index is 11.9. The summed E-state index contributed by atoms with van der Waals surface area (Å²) in [7, 11) is 0. The predicted molar refractivity (Wildman–Crippen MR) is 67.3 cm³/mol. The van der Waals surface area contributed by atoms with E-state index in [2.05, 4.69) is 31.3 Å². The number of furan rings is 1. The Balaban J connectivity index is 1.92. The van der Waals surface area contributed by atoms with Crippen LogP contribution in [0.5, 0.6) is 0 Å². The van der Waals surface area contributed by atoms with Gasteiger partial charge >= 0.3 is 0 Å². The molecule has 7 heteroatoms. The summed E-state index contributed by atoms with van der Waals surface area (Å²) < 4.78 is 7.21. The van der Waals surface area contributed by atoms with Crippen LogP contribution in [0, 0.1) is 0 Å². The van der Waals surface area contributed by atoms with Gasteiger partial charge < -0.3 is 9.73 Å². The number of amides is 1. The molecule has 0 saturated carbocycles. The second-order valence-corrected chi connectivity index (χ2v) is 4.27. The van der Waals surface area contributed by atoms with Crippen molar-refractivity contribution < 1.29 is 9.21 Å². The molecule has 90 valence electrons. The number of nitrogens with one attached hydrogen (secondary N) is 1. The van der Waals surface area contributed by atoms with E-state index in [1.807, 2.05) is 0 Å². The zero-order valence-electron chi connectivity index (χ0n) is 9.00. The van der Waals surface area contributed by atoms with E-state index < -0.39 is 0 Å². The van der Waals surface area contributed by atoms with Crippen LogP contribution in [-0.2, 0) is 0 Å². The molecule has 3 heterocycles. The zero-order chi connectivity index (χ0) is 12.5. The van der Waals surface area contributed by atoms with Crippen molar-refractivity contribution in [1.29, 1.82) is 0 Å². The lowest BCUT2D eigenvalue weighted by molar-refractivity contribution is 0.0995. The molecule has 3 rings (SSSR count). The highest BCUT2D eigenvalue weighted by Gasteiger charge is 2.12. The van der Waals surface area contributed by atoms with Crippen molar-refractivity contribution in [3.05, 3.63) is 47.1 Å². The van der Waals surface area contributed by atoms with E-state index in [-0.39, 0.29) is 11.7 Å². The van der Waals surface area contributed by atoms with Crippen molar-refractivity contribution in [3.63, 3.8) is 0 Å². The van der Waals surface area contributed by atoms with Crippen molar-refractivity contribution in [2.45, 2.75) is 0 Å². The minimum Gasteiger partial charge on any atom is -0.444 e. The van der Waals surface area contributed by atoms with E-state index in [1.165, 1.54) is 4.52 Å². The van der Waals surface area contributed by atoms with E-state index in [4.69, 9.17) is 4.42 Å². The molecule has 0 atom stereocenters. The van der Waals surface area contributed by atoms with Crippen molar-refractivity contribution in [3.8, 4) is 0 Å². The molecule has 0 unspecified atom stereocenters. The summed E-state index contributed by atoms with van der Waals surface area (Å²) in [5.41, 5.74) is 0.661. The van der Waals surface area contributed by atoms with Gasteiger partial charge in [0.1, 0.15) is 5.82 Å². The van der Waals surface area contributed by atoms with E-state index in [0.29, 0.717) is 16.1 Å². The predicted octanol–water partition coefficient (Wildman–Crippen LogP) is 2.34. The van der Waals surface area contributed by atoms with Crippen LogP contribution in [0.15, 0.2) is 45.7 Å². The van der Waals surface area contributed by atoms with Crippen LogP contribution in [0.3, 0.4) is 0 Å². The molecule has 0 fully saturated rings. The summed E-state index contributed by atoms with van der Waals surface area (Å²) >= 11 is 3.15. The van der Waals surface area contributed by atoms with Gasteiger partial charge in [0.15, 0.2) is 16.1 Å². The fraction of sp³-hybridized carbons (Fsp3) is 0. The van der Waals surface area contributed by atoms with E-state index in [1.54, 1.807) is 36.7 Å². The van der Waals surface area contributed by atoms with E-state index >= 15 is 0 Å². The Morgan fingerprint density at radius 1 is 1.28 bits per heavy atom. The highest BCUT2D eigenvalue weighted by atomic mass is 79.9. The third-order valence-electron chi connectivity index (χ3n) is 2.33. The fourth-order valence-electron chi connectivity index (χ4n) is 1.54. The molecular formula is C11H7BrN4O2. The van der Waals surface area contributed by atoms with Crippen molar-refractivity contribution in [2.24, 2.45) is 0 Å². The number of nitrogens with zero attached hydrogens (tertiary/aromatic N) is 3. The van der Waals surface area contributed by atoms with Gasteiger partial charge in [-0.3, -0.25) is 4.79 Å². The van der Waals surface area contributed by atoms with Crippen molar-refractivity contribution in [1.82, 2.24) is 14.6 Å². The summed E-state index contributed by atoms with van der Waals surface area (Å²) in [6.45, 7) is 0. The first-order valence-electron chi connectivity index (χ1n) is 5.09. The summed E-state index contributed by atoms with van der Waals surface area (Å²) in [6, 6.07) is 6.65. The Hall–Kier alpha value is -2.15. The Morgan fingerprint density at radius 2 is 2.17 bits per heavy atom. The molecule has 3 aromatic heterocycles. The monoisotopic (exact) mass is 306 g/mol. The summed E-state index contributed by atoms with van der Waals surface area (Å²) in [6.07, 6.45) is 3.21. The van der Waals surface area contributed by atoms with Gasteiger partial charge in [-0.25, -0.2) is 4.98 Å². The largest absolute Gasteiger partial charge is 0.444 e. The quantitative estimate of drug-likeness (QED) is 0.788. The first-order chi connectivity index (χ1) is 8.74. The second-order valence-electron chi connectivity index (χ2n) is 3.49. The molecule has 0 aliphatic heterocycles. The molecule has 0 radical (unpaired) electrons. The molecule has 0 saturated heterocycles. The van der Waals surface area contributed by atoms with Gasteiger partial charge in [0.05, 0.1) is 6.20 Å². The lowest BCUT2D eigenvalue weighted by Crippen LogP contribution is -2.14. The Labute approximate surface area is 110 Å². The maximum absolute atomic E-state index is 11.9. The van der Waals surface area contributed by atoms with Gasteiger partial charge in [-0.05, 0) is 34.1 Å². The number of fused-ring (bicyclic) bond motifs is 1. The summed E-state index contributed by atoms with van der Waals surface area (Å²) in [5, 5.41) is 6.78. The second kappa shape index (κ2) is 4.26. The fourth-order valence-corrected chi connectivity index (χ4v) is 1.85. The SMILES string of the molecule is O=C(Nc1ccnc2ccnn12)c1ccc(Br)o1. The Kier molecular flexibility index (Phi) is 2.60. The third-order valence-corrected chi connectivity index (χ3v) is 2.75. The van der Waals surface area contributed by atoms with Gasteiger partial charge in [0.25, 0.3) is 5.91 Å². The topological polar surface area (TPSA) is 72.4 Å². The number of carbonyl (C=O) groups excluding carboxylic acids is 1. The highest BCUT2D eigenvalue weighted by Crippen LogP contribution is 2.16. The Morgan fingerprint density at radius 3 is 2.94 bits per heavy atom. The number of rotatable bonds is 2. The maximum Gasteiger partial charge on any atom is 0.292 e. The molecule has 0 aliphatic carbocycles. The van der Waals surface area contributed by atoms with Crippen LogP contribution in [-0.4, -0.2) is 20.5 Å².